The number of alkyl carbamates (subject to hydrolysis) is 1. The molecule has 0 aliphatic rings. The number of rotatable bonds is 10. The Bertz CT molecular complexity index is 596. The van der Waals surface area contributed by atoms with Crippen LogP contribution in [0.15, 0.2) is 12.7 Å². The smallest absolute Gasteiger partial charge is 0.408 e. The van der Waals surface area contributed by atoms with Crippen LogP contribution in [0.3, 0.4) is 0 Å². The van der Waals surface area contributed by atoms with E-state index in [1.54, 1.807) is 20.8 Å². The predicted octanol–water partition coefficient (Wildman–Crippen LogP) is 1.95. The SMILES string of the molecule is C=CCOC(=O)[C@H](CC(C)C)NC(=O)[C@@H](C)[C@@H](NC(=O)OC(C)(C)C)C(=O)OC. The monoisotopic (exact) mass is 414 g/mol. The highest BCUT2D eigenvalue weighted by Crippen LogP contribution is 2.12. The van der Waals surface area contributed by atoms with Gasteiger partial charge in [-0.3, -0.25) is 4.79 Å². The van der Waals surface area contributed by atoms with Crippen LogP contribution in [-0.2, 0) is 28.6 Å². The zero-order valence-corrected chi connectivity index (χ0v) is 18.4. The van der Waals surface area contributed by atoms with Gasteiger partial charge in [-0.05, 0) is 33.1 Å². The van der Waals surface area contributed by atoms with Crippen molar-refractivity contribution < 1.29 is 33.4 Å². The van der Waals surface area contributed by atoms with Gasteiger partial charge in [0, 0.05) is 0 Å². The molecule has 9 heteroatoms. The maximum atomic E-state index is 12.7. The first kappa shape index (κ1) is 26.4. The minimum absolute atomic E-state index is 0.0177. The van der Waals surface area contributed by atoms with E-state index >= 15 is 0 Å². The van der Waals surface area contributed by atoms with Crippen molar-refractivity contribution in [3.8, 4) is 0 Å². The molecule has 0 bridgehead atoms. The van der Waals surface area contributed by atoms with E-state index in [1.165, 1.54) is 13.0 Å². The number of methoxy groups -OCH3 is 1. The molecular formula is C20H34N2O7. The third-order valence-corrected chi connectivity index (χ3v) is 3.69. The van der Waals surface area contributed by atoms with Crippen LogP contribution >= 0.6 is 0 Å². The summed E-state index contributed by atoms with van der Waals surface area (Å²) in [6.45, 7) is 13.7. The highest BCUT2D eigenvalue weighted by atomic mass is 16.6. The van der Waals surface area contributed by atoms with Gasteiger partial charge >= 0.3 is 18.0 Å². The van der Waals surface area contributed by atoms with Crippen molar-refractivity contribution in [3.63, 3.8) is 0 Å². The molecule has 2 N–H and O–H groups in total. The van der Waals surface area contributed by atoms with Gasteiger partial charge in [-0.25, -0.2) is 14.4 Å². The molecule has 9 nitrogen and oxygen atoms in total. The summed E-state index contributed by atoms with van der Waals surface area (Å²) in [5.74, 6) is -2.96. The van der Waals surface area contributed by atoms with E-state index in [-0.39, 0.29) is 12.5 Å². The minimum atomic E-state index is -1.29. The largest absolute Gasteiger partial charge is 0.467 e. The Morgan fingerprint density at radius 3 is 2.07 bits per heavy atom. The lowest BCUT2D eigenvalue weighted by atomic mass is 9.98. The molecule has 0 fully saturated rings. The van der Waals surface area contributed by atoms with Crippen molar-refractivity contribution in [1.29, 1.82) is 0 Å². The lowest BCUT2D eigenvalue weighted by Gasteiger charge is -2.26. The maximum absolute atomic E-state index is 12.7. The van der Waals surface area contributed by atoms with Crippen LogP contribution < -0.4 is 10.6 Å². The number of ether oxygens (including phenoxy) is 3. The van der Waals surface area contributed by atoms with Gasteiger partial charge in [-0.2, -0.15) is 0 Å². The van der Waals surface area contributed by atoms with E-state index in [1.807, 2.05) is 13.8 Å². The normalized spacial score (nSPS) is 14.2. The van der Waals surface area contributed by atoms with Crippen LogP contribution in [0.4, 0.5) is 4.79 Å². The highest BCUT2D eigenvalue weighted by Gasteiger charge is 2.36. The molecule has 0 aromatic carbocycles. The second kappa shape index (κ2) is 12.1. The summed E-state index contributed by atoms with van der Waals surface area (Å²) in [6.07, 6.45) is 0.903. The number of nitrogens with one attached hydrogen (secondary N) is 2. The maximum Gasteiger partial charge on any atom is 0.408 e. The molecule has 29 heavy (non-hydrogen) atoms. The van der Waals surface area contributed by atoms with Crippen molar-refractivity contribution in [2.75, 3.05) is 13.7 Å². The molecule has 0 radical (unpaired) electrons. The molecule has 0 saturated carbocycles. The van der Waals surface area contributed by atoms with Crippen molar-refractivity contribution >= 4 is 23.9 Å². The topological polar surface area (TPSA) is 120 Å². The summed E-state index contributed by atoms with van der Waals surface area (Å²) >= 11 is 0. The van der Waals surface area contributed by atoms with E-state index < -0.39 is 47.5 Å². The van der Waals surface area contributed by atoms with E-state index in [9.17, 15) is 19.2 Å². The second-order valence-corrected chi connectivity index (χ2v) is 8.05. The first-order valence-corrected chi connectivity index (χ1v) is 9.47. The Kier molecular flexibility index (Phi) is 11.0. The Balaban J connectivity index is 5.32. The average Bonchev–Trinajstić information content (AvgIpc) is 2.60. The molecule has 0 spiro atoms. The lowest BCUT2D eigenvalue weighted by molar-refractivity contribution is -0.149. The summed E-state index contributed by atoms with van der Waals surface area (Å²) in [4.78, 5) is 49.1. The van der Waals surface area contributed by atoms with Gasteiger partial charge in [0.05, 0.1) is 13.0 Å². The van der Waals surface area contributed by atoms with Gasteiger partial charge in [0.15, 0.2) is 0 Å². The van der Waals surface area contributed by atoms with E-state index in [0.29, 0.717) is 6.42 Å². The van der Waals surface area contributed by atoms with Gasteiger partial charge in [-0.1, -0.05) is 33.4 Å². The summed E-state index contributed by atoms with van der Waals surface area (Å²) in [5, 5.41) is 4.95. The zero-order chi connectivity index (χ0) is 22.8. The molecule has 0 saturated heterocycles. The molecule has 0 aliphatic carbocycles. The highest BCUT2D eigenvalue weighted by molar-refractivity contribution is 5.91. The quantitative estimate of drug-likeness (QED) is 0.318. The van der Waals surface area contributed by atoms with Crippen LogP contribution in [0.5, 0.6) is 0 Å². The molecule has 2 amide bonds. The minimum Gasteiger partial charge on any atom is -0.467 e. The van der Waals surface area contributed by atoms with Crippen LogP contribution in [0, 0.1) is 11.8 Å². The molecule has 0 heterocycles. The fourth-order valence-electron chi connectivity index (χ4n) is 2.33. The first-order chi connectivity index (χ1) is 13.3. The van der Waals surface area contributed by atoms with Crippen LogP contribution in [0.25, 0.3) is 0 Å². The van der Waals surface area contributed by atoms with Crippen molar-refractivity contribution in [2.45, 2.75) is 65.6 Å². The van der Waals surface area contributed by atoms with Gasteiger partial charge in [-0.15, -0.1) is 0 Å². The number of hydrogen-bond donors (Lipinski definition) is 2. The molecule has 0 aliphatic heterocycles. The number of carbonyl (C=O) groups is 4. The first-order valence-electron chi connectivity index (χ1n) is 9.47. The zero-order valence-electron chi connectivity index (χ0n) is 18.4. The van der Waals surface area contributed by atoms with Crippen molar-refractivity contribution in [2.24, 2.45) is 11.8 Å². The van der Waals surface area contributed by atoms with Gasteiger partial charge in [0.1, 0.15) is 24.3 Å². The van der Waals surface area contributed by atoms with E-state index in [4.69, 9.17) is 14.2 Å². The van der Waals surface area contributed by atoms with E-state index in [2.05, 4.69) is 17.2 Å². The summed E-state index contributed by atoms with van der Waals surface area (Å²) in [7, 11) is 1.14. The third-order valence-electron chi connectivity index (χ3n) is 3.69. The van der Waals surface area contributed by atoms with E-state index in [0.717, 1.165) is 7.11 Å². The Morgan fingerprint density at radius 2 is 1.62 bits per heavy atom. The molecule has 166 valence electrons. The standard InChI is InChI=1S/C20H34N2O7/c1-9-10-28-17(24)14(11-12(2)3)21-16(23)13(4)15(18(25)27-8)22-19(26)29-20(5,6)7/h9,12-15H,1,10-11H2,2-8H3,(H,21,23)(H,22,26)/t13-,14-,15+/m0/s1. The molecular weight excluding hydrogens is 380 g/mol. The summed E-state index contributed by atoms with van der Waals surface area (Å²) < 4.78 is 14.9. The molecule has 0 rings (SSSR count). The third kappa shape index (κ3) is 10.5. The van der Waals surface area contributed by atoms with Gasteiger partial charge in [0.2, 0.25) is 5.91 Å². The number of carbonyl (C=O) groups excluding carboxylic acids is 4. The van der Waals surface area contributed by atoms with Gasteiger partial charge < -0.3 is 24.8 Å². The number of esters is 2. The molecule has 0 aromatic heterocycles. The average molecular weight is 414 g/mol. The van der Waals surface area contributed by atoms with Crippen molar-refractivity contribution in [3.05, 3.63) is 12.7 Å². The summed E-state index contributed by atoms with van der Waals surface area (Å²) in [6, 6.07) is -2.19. The van der Waals surface area contributed by atoms with Crippen molar-refractivity contribution in [1.82, 2.24) is 10.6 Å². The lowest BCUT2D eigenvalue weighted by Crippen LogP contribution is -2.54. The Morgan fingerprint density at radius 1 is 1.03 bits per heavy atom. The predicted molar refractivity (Wildman–Crippen MR) is 107 cm³/mol. The Hall–Kier alpha value is -2.58. The number of hydrogen-bond acceptors (Lipinski definition) is 7. The second-order valence-electron chi connectivity index (χ2n) is 8.05. The molecule has 0 unspecified atom stereocenters. The molecule has 3 atom stereocenters. The summed E-state index contributed by atoms with van der Waals surface area (Å²) in [5.41, 5.74) is -0.784. The van der Waals surface area contributed by atoms with Crippen LogP contribution in [0.2, 0.25) is 0 Å². The van der Waals surface area contributed by atoms with Crippen LogP contribution in [0.1, 0.15) is 48.0 Å². The Labute approximate surface area is 172 Å². The number of amides is 2. The molecule has 0 aromatic rings. The van der Waals surface area contributed by atoms with Gasteiger partial charge in [0.25, 0.3) is 0 Å². The van der Waals surface area contributed by atoms with Crippen LogP contribution in [-0.4, -0.2) is 55.3 Å². The fraction of sp³-hybridized carbons (Fsp3) is 0.700. The fourth-order valence-corrected chi connectivity index (χ4v) is 2.33.